The van der Waals surface area contributed by atoms with Crippen molar-refractivity contribution in [3.05, 3.63) is 59.9 Å². The van der Waals surface area contributed by atoms with Crippen LogP contribution in [0.4, 0.5) is 5.69 Å². The number of hydrogen-bond donors (Lipinski definition) is 1. The zero-order chi connectivity index (χ0) is 23.3. The van der Waals surface area contributed by atoms with E-state index >= 15 is 0 Å². The third kappa shape index (κ3) is 5.05. The Morgan fingerprint density at radius 2 is 1.91 bits per heavy atom. The van der Waals surface area contributed by atoms with Gasteiger partial charge < -0.3 is 9.90 Å². The molecule has 1 aliphatic carbocycles. The summed E-state index contributed by atoms with van der Waals surface area (Å²) in [5, 5.41) is 19.6. The van der Waals surface area contributed by atoms with E-state index < -0.39 is 24.0 Å². The van der Waals surface area contributed by atoms with Crippen molar-refractivity contribution in [3.8, 4) is 6.07 Å². The SMILES string of the molecule is CC(C)(C)c1ccc(N(C(=O)C2CCCCC2C(O)C#N)C(C=O)c2cccnc2)cc1. The first-order valence-corrected chi connectivity index (χ1v) is 11.1. The van der Waals surface area contributed by atoms with Crippen molar-refractivity contribution in [2.45, 2.75) is 64.0 Å². The lowest BCUT2D eigenvalue weighted by atomic mass is 9.75. The molecule has 1 aromatic carbocycles. The van der Waals surface area contributed by atoms with Gasteiger partial charge in [0.25, 0.3) is 0 Å². The van der Waals surface area contributed by atoms with Crippen LogP contribution in [0.15, 0.2) is 48.8 Å². The van der Waals surface area contributed by atoms with Crippen molar-refractivity contribution in [2.75, 3.05) is 4.90 Å². The van der Waals surface area contributed by atoms with E-state index in [1.54, 1.807) is 24.5 Å². The van der Waals surface area contributed by atoms with E-state index in [0.717, 1.165) is 24.7 Å². The van der Waals surface area contributed by atoms with Crippen molar-refractivity contribution in [1.82, 2.24) is 4.98 Å². The maximum absolute atomic E-state index is 13.9. The van der Waals surface area contributed by atoms with E-state index in [-0.39, 0.29) is 11.3 Å². The number of aldehydes is 1. The Labute approximate surface area is 189 Å². The molecule has 0 aliphatic heterocycles. The lowest BCUT2D eigenvalue weighted by Crippen LogP contribution is -2.45. The summed E-state index contributed by atoms with van der Waals surface area (Å²) in [6, 6.07) is 12.2. The fraction of sp³-hybridized carbons (Fsp3) is 0.462. The number of amides is 1. The molecule has 1 N–H and O–H groups in total. The third-order valence-electron chi connectivity index (χ3n) is 6.36. The van der Waals surface area contributed by atoms with Gasteiger partial charge in [0.1, 0.15) is 18.4 Å². The number of carbonyl (C=O) groups excluding carboxylic acids is 2. The summed E-state index contributed by atoms with van der Waals surface area (Å²) in [5.74, 6) is -1.22. The van der Waals surface area contributed by atoms with Crippen molar-refractivity contribution in [3.63, 3.8) is 0 Å². The van der Waals surface area contributed by atoms with Gasteiger partial charge in [0, 0.05) is 35.5 Å². The van der Waals surface area contributed by atoms with Gasteiger partial charge in [-0.05, 0) is 42.0 Å². The molecule has 3 rings (SSSR count). The van der Waals surface area contributed by atoms with Gasteiger partial charge in [-0.1, -0.05) is 51.8 Å². The fourth-order valence-corrected chi connectivity index (χ4v) is 4.50. The molecule has 1 fully saturated rings. The monoisotopic (exact) mass is 433 g/mol. The molecule has 1 heterocycles. The average molecular weight is 434 g/mol. The summed E-state index contributed by atoms with van der Waals surface area (Å²) in [4.78, 5) is 31.8. The van der Waals surface area contributed by atoms with E-state index in [2.05, 4.69) is 25.8 Å². The molecule has 1 saturated carbocycles. The van der Waals surface area contributed by atoms with E-state index in [9.17, 15) is 20.0 Å². The highest BCUT2D eigenvalue weighted by Crippen LogP contribution is 2.37. The van der Waals surface area contributed by atoms with Gasteiger partial charge in [0.15, 0.2) is 0 Å². The lowest BCUT2D eigenvalue weighted by Gasteiger charge is -2.37. The normalized spacial score (nSPS) is 20.6. The Bertz CT molecular complexity index is 961. The zero-order valence-corrected chi connectivity index (χ0v) is 18.9. The molecule has 32 heavy (non-hydrogen) atoms. The summed E-state index contributed by atoms with van der Waals surface area (Å²) in [6.07, 6.45) is 5.67. The van der Waals surface area contributed by atoms with Gasteiger partial charge in [-0.2, -0.15) is 5.26 Å². The van der Waals surface area contributed by atoms with Crippen LogP contribution in [0.5, 0.6) is 0 Å². The Morgan fingerprint density at radius 3 is 2.47 bits per heavy atom. The van der Waals surface area contributed by atoms with E-state index in [0.29, 0.717) is 24.1 Å². The number of aliphatic hydroxyl groups is 1. The quantitative estimate of drug-likeness (QED) is 0.540. The number of nitriles is 1. The minimum absolute atomic E-state index is 0.0495. The standard InChI is InChI=1S/C26H31N3O3/c1-26(2,3)19-10-12-20(13-11-19)29(23(17-30)18-7-6-14-28-16-18)25(32)22-9-5-4-8-21(22)24(31)15-27/h6-7,10-14,16-17,21-24,31H,4-5,8-9H2,1-3H3. The summed E-state index contributed by atoms with van der Waals surface area (Å²) >= 11 is 0. The topological polar surface area (TPSA) is 94.3 Å². The molecule has 1 amide bonds. The van der Waals surface area contributed by atoms with Crippen LogP contribution in [0.2, 0.25) is 0 Å². The van der Waals surface area contributed by atoms with Crippen molar-refractivity contribution < 1.29 is 14.7 Å². The van der Waals surface area contributed by atoms with Gasteiger partial charge in [0.05, 0.1) is 6.07 Å². The number of benzene rings is 1. The number of rotatable bonds is 6. The maximum atomic E-state index is 13.9. The van der Waals surface area contributed by atoms with E-state index in [1.165, 1.54) is 4.90 Å². The van der Waals surface area contributed by atoms with Crippen LogP contribution in [0, 0.1) is 23.2 Å². The molecule has 0 spiro atoms. The van der Waals surface area contributed by atoms with E-state index in [4.69, 9.17) is 0 Å². The number of hydrogen-bond acceptors (Lipinski definition) is 5. The highest BCUT2D eigenvalue weighted by atomic mass is 16.3. The smallest absolute Gasteiger partial charge is 0.231 e. The van der Waals surface area contributed by atoms with Crippen LogP contribution in [0.3, 0.4) is 0 Å². The fourth-order valence-electron chi connectivity index (χ4n) is 4.50. The predicted octanol–water partition coefficient (Wildman–Crippen LogP) is 4.34. The van der Waals surface area contributed by atoms with E-state index in [1.807, 2.05) is 30.3 Å². The molecule has 0 bridgehead atoms. The molecule has 1 aromatic heterocycles. The predicted molar refractivity (Wildman–Crippen MR) is 123 cm³/mol. The molecule has 6 nitrogen and oxygen atoms in total. The van der Waals surface area contributed by atoms with Crippen LogP contribution in [0.25, 0.3) is 0 Å². The van der Waals surface area contributed by atoms with Crippen LogP contribution < -0.4 is 4.90 Å². The summed E-state index contributed by atoms with van der Waals surface area (Å²) in [5.41, 5.74) is 2.29. The molecule has 168 valence electrons. The number of nitrogens with zero attached hydrogens (tertiary/aromatic N) is 3. The second-order valence-electron chi connectivity index (χ2n) is 9.50. The second kappa shape index (κ2) is 10.1. The first-order chi connectivity index (χ1) is 15.3. The van der Waals surface area contributed by atoms with Gasteiger partial charge in [-0.15, -0.1) is 0 Å². The molecular formula is C26H31N3O3. The number of carbonyl (C=O) groups is 2. The highest BCUT2D eigenvalue weighted by Gasteiger charge is 2.40. The first kappa shape index (κ1) is 23.6. The molecule has 0 radical (unpaired) electrons. The van der Waals surface area contributed by atoms with Crippen LogP contribution in [-0.4, -0.2) is 28.4 Å². The van der Waals surface area contributed by atoms with Gasteiger partial charge in [-0.25, -0.2) is 0 Å². The maximum Gasteiger partial charge on any atom is 0.231 e. The molecule has 4 unspecified atom stereocenters. The highest BCUT2D eigenvalue weighted by molar-refractivity contribution is 5.99. The van der Waals surface area contributed by atoms with Crippen molar-refractivity contribution in [2.24, 2.45) is 11.8 Å². The zero-order valence-electron chi connectivity index (χ0n) is 18.9. The van der Waals surface area contributed by atoms with Gasteiger partial charge >= 0.3 is 0 Å². The Morgan fingerprint density at radius 1 is 1.22 bits per heavy atom. The van der Waals surface area contributed by atoms with Crippen LogP contribution in [-0.2, 0) is 15.0 Å². The lowest BCUT2D eigenvalue weighted by molar-refractivity contribution is -0.128. The molecular weight excluding hydrogens is 402 g/mol. The minimum atomic E-state index is -1.21. The molecule has 6 heteroatoms. The Hall–Kier alpha value is -3.04. The number of pyridine rings is 1. The van der Waals surface area contributed by atoms with Crippen molar-refractivity contribution in [1.29, 1.82) is 5.26 Å². The molecule has 1 aliphatic rings. The van der Waals surface area contributed by atoms with Crippen LogP contribution >= 0.6 is 0 Å². The first-order valence-electron chi connectivity index (χ1n) is 11.1. The third-order valence-corrected chi connectivity index (χ3v) is 6.36. The second-order valence-corrected chi connectivity index (χ2v) is 9.50. The largest absolute Gasteiger partial charge is 0.378 e. The summed E-state index contributed by atoms with van der Waals surface area (Å²) in [7, 11) is 0. The van der Waals surface area contributed by atoms with Crippen LogP contribution in [0.1, 0.15) is 63.6 Å². The minimum Gasteiger partial charge on any atom is -0.378 e. The molecule has 4 atom stereocenters. The summed E-state index contributed by atoms with van der Waals surface area (Å²) in [6.45, 7) is 6.35. The number of aromatic nitrogens is 1. The van der Waals surface area contributed by atoms with Crippen molar-refractivity contribution >= 4 is 17.9 Å². The summed E-state index contributed by atoms with van der Waals surface area (Å²) < 4.78 is 0. The van der Waals surface area contributed by atoms with Gasteiger partial charge in [0.2, 0.25) is 5.91 Å². The molecule has 2 aromatic rings. The Kier molecular flexibility index (Phi) is 7.42. The molecule has 0 saturated heterocycles. The Balaban J connectivity index is 2.06. The number of aliphatic hydroxyl groups excluding tert-OH is 1. The number of anilines is 1. The van der Waals surface area contributed by atoms with Gasteiger partial charge in [-0.3, -0.25) is 14.7 Å². The average Bonchev–Trinajstić information content (AvgIpc) is 2.81.